The van der Waals surface area contributed by atoms with Gasteiger partial charge in [0.2, 0.25) is 0 Å². The summed E-state index contributed by atoms with van der Waals surface area (Å²) in [6.07, 6.45) is -0.288. The molecule has 1 fully saturated rings. The average Bonchev–Trinajstić information content (AvgIpc) is 2.41. The molecule has 0 bridgehead atoms. The van der Waals surface area contributed by atoms with Crippen LogP contribution in [0.25, 0.3) is 0 Å². The van der Waals surface area contributed by atoms with Crippen molar-refractivity contribution < 1.29 is 23.4 Å². The zero-order chi connectivity index (χ0) is 14.8. The van der Waals surface area contributed by atoms with Crippen molar-refractivity contribution in [2.45, 2.75) is 25.3 Å². The molecule has 0 aromatic heterocycles. The van der Waals surface area contributed by atoms with Crippen molar-refractivity contribution >= 4 is 18.4 Å². The molecule has 1 N–H and O–H groups in total. The van der Waals surface area contributed by atoms with Crippen molar-refractivity contribution in [1.82, 2.24) is 4.90 Å². The maximum Gasteiger partial charge on any atom is 0.339 e. The molecular formula is C14H18ClF2NO3. The second-order valence-corrected chi connectivity index (χ2v) is 4.97. The second-order valence-electron chi connectivity index (χ2n) is 4.97. The van der Waals surface area contributed by atoms with E-state index in [0.29, 0.717) is 25.4 Å². The lowest BCUT2D eigenvalue weighted by Crippen LogP contribution is -2.38. The van der Waals surface area contributed by atoms with E-state index in [9.17, 15) is 13.6 Å². The highest BCUT2D eigenvalue weighted by atomic mass is 35.5. The molecule has 0 radical (unpaired) electrons. The lowest BCUT2D eigenvalue weighted by atomic mass is 10.0. The Labute approximate surface area is 128 Å². The maximum absolute atomic E-state index is 13.1. The minimum atomic E-state index is -2.57. The topological polar surface area (TPSA) is 49.8 Å². The Morgan fingerprint density at radius 1 is 1.38 bits per heavy atom. The van der Waals surface area contributed by atoms with Gasteiger partial charge in [0.15, 0.2) is 0 Å². The predicted octanol–water partition coefficient (Wildman–Crippen LogP) is 3.05. The van der Waals surface area contributed by atoms with Gasteiger partial charge in [0.1, 0.15) is 11.3 Å². The molecule has 0 unspecified atom stereocenters. The van der Waals surface area contributed by atoms with E-state index in [-0.39, 0.29) is 30.8 Å². The van der Waals surface area contributed by atoms with Gasteiger partial charge in [-0.2, -0.15) is 0 Å². The van der Waals surface area contributed by atoms with Gasteiger partial charge < -0.3 is 9.84 Å². The molecule has 1 aliphatic rings. The van der Waals surface area contributed by atoms with E-state index in [1.54, 1.807) is 12.1 Å². The summed E-state index contributed by atoms with van der Waals surface area (Å²) in [6.45, 7) is 1.11. The van der Waals surface area contributed by atoms with E-state index in [1.165, 1.54) is 13.2 Å². The SMILES string of the molecule is COc1ccc(CN2CCC(F)(F)CC2)cc1C(=O)O.Cl. The van der Waals surface area contributed by atoms with Crippen LogP contribution in [0.2, 0.25) is 0 Å². The van der Waals surface area contributed by atoms with Crippen LogP contribution in [-0.2, 0) is 6.54 Å². The average molecular weight is 322 g/mol. The fourth-order valence-corrected chi connectivity index (χ4v) is 2.32. The largest absolute Gasteiger partial charge is 0.496 e. The zero-order valence-electron chi connectivity index (χ0n) is 11.6. The van der Waals surface area contributed by atoms with Gasteiger partial charge in [-0.1, -0.05) is 6.07 Å². The zero-order valence-corrected chi connectivity index (χ0v) is 12.5. The molecule has 1 aromatic carbocycles. The Morgan fingerprint density at radius 2 is 2.00 bits per heavy atom. The van der Waals surface area contributed by atoms with Crippen LogP contribution in [0.5, 0.6) is 5.75 Å². The van der Waals surface area contributed by atoms with Crippen LogP contribution in [0.3, 0.4) is 0 Å². The molecule has 1 aliphatic heterocycles. The molecule has 4 nitrogen and oxygen atoms in total. The lowest BCUT2D eigenvalue weighted by molar-refractivity contribution is -0.0566. The number of benzene rings is 1. The third-order valence-electron chi connectivity index (χ3n) is 3.49. The van der Waals surface area contributed by atoms with Crippen LogP contribution in [0, 0.1) is 0 Å². The summed E-state index contributed by atoms with van der Waals surface area (Å²) >= 11 is 0. The van der Waals surface area contributed by atoms with Gasteiger partial charge in [-0.15, -0.1) is 12.4 Å². The number of carbonyl (C=O) groups is 1. The molecule has 0 amide bonds. The monoisotopic (exact) mass is 321 g/mol. The number of nitrogens with zero attached hydrogens (tertiary/aromatic N) is 1. The molecule has 1 heterocycles. The third-order valence-corrected chi connectivity index (χ3v) is 3.49. The van der Waals surface area contributed by atoms with Crippen LogP contribution < -0.4 is 4.74 Å². The highest BCUT2D eigenvalue weighted by molar-refractivity contribution is 5.91. The lowest BCUT2D eigenvalue weighted by Gasteiger charge is -2.31. The molecule has 7 heteroatoms. The Morgan fingerprint density at radius 3 is 2.52 bits per heavy atom. The first-order chi connectivity index (χ1) is 9.41. The number of ether oxygens (including phenoxy) is 1. The number of halogens is 3. The van der Waals surface area contributed by atoms with E-state index < -0.39 is 11.9 Å². The molecule has 118 valence electrons. The summed E-state index contributed by atoms with van der Waals surface area (Å²) in [7, 11) is 1.41. The number of aromatic carboxylic acids is 1. The second kappa shape index (κ2) is 7.04. The number of rotatable bonds is 4. The van der Waals surface area contributed by atoms with Crippen molar-refractivity contribution in [3.8, 4) is 5.75 Å². The molecule has 0 aliphatic carbocycles. The first-order valence-electron chi connectivity index (χ1n) is 6.42. The standard InChI is InChI=1S/C14H17F2NO3.ClH/c1-20-12-3-2-10(8-11(12)13(18)19)9-17-6-4-14(15,16)5-7-17;/h2-3,8H,4-7,9H2,1H3,(H,18,19);1H. The molecular weight excluding hydrogens is 304 g/mol. The molecule has 0 spiro atoms. The first-order valence-corrected chi connectivity index (χ1v) is 6.42. The summed E-state index contributed by atoms with van der Waals surface area (Å²) in [4.78, 5) is 13.0. The highest BCUT2D eigenvalue weighted by Crippen LogP contribution is 2.29. The van der Waals surface area contributed by atoms with E-state index in [1.807, 2.05) is 4.90 Å². The van der Waals surface area contributed by atoms with Gasteiger partial charge in [-0.3, -0.25) is 4.90 Å². The summed E-state index contributed by atoms with van der Waals surface area (Å²) in [5.74, 6) is -3.33. The van der Waals surface area contributed by atoms with E-state index in [2.05, 4.69) is 0 Å². The van der Waals surface area contributed by atoms with Gasteiger partial charge in [-0.25, -0.2) is 13.6 Å². The van der Waals surface area contributed by atoms with E-state index in [0.717, 1.165) is 5.56 Å². The van der Waals surface area contributed by atoms with E-state index >= 15 is 0 Å². The van der Waals surface area contributed by atoms with Gasteiger partial charge >= 0.3 is 5.97 Å². The first kappa shape index (κ1) is 17.7. The van der Waals surface area contributed by atoms with Crippen LogP contribution >= 0.6 is 12.4 Å². The van der Waals surface area contributed by atoms with Crippen LogP contribution in [0.4, 0.5) is 8.78 Å². The Kier molecular flexibility index (Phi) is 5.92. The Balaban J connectivity index is 0.00000220. The Hall–Kier alpha value is -1.40. The fourth-order valence-electron chi connectivity index (χ4n) is 2.32. The summed E-state index contributed by atoms with van der Waals surface area (Å²) < 4.78 is 31.1. The van der Waals surface area contributed by atoms with Gasteiger partial charge in [-0.05, 0) is 17.7 Å². The Bertz CT molecular complexity index is 501. The summed E-state index contributed by atoms with van der Waals surface area (Å²) in [5, 5.41) is 9.10. The number of carboxylic acids is 1. The van der Waals surface area contributed by atoms with Crippen LogP contribution in [-0.4, -0.2) is 42.1 Å². The van der Waals surface area contributed by atoms with Crippen molar-refractivity contribution in [2.75, 3.05) is 20.2 Å². The number of hydrogen-bond acceptors (Lipinski definition) is 3. The molecule has 0 atom stereocenters. The number of piperidine rings is 1. The van der Waals surface area contributed by atoms with Crippen molar-refractivity contribution in [1.29, 1.82) is 0 Å². The fraction of sp³-hybridized carbons (Fsp3) is 0.500. The molecule has 1 aromatic rings. The predicted molar refractivity (Wildman–Crippen MR) is 76.7 cm³/mol. The summed E-state index contributed by atoms with van der Waals surface area (Å²) in [6, 6.07) is 4.89. The smallest absolute Gasteiger partial charge is 0.339 e. The molecule has 2 rings (SSSR count). The number of alkyl halides is 2. The minimum Gasteiger partial charge on any atom is -0.496 e. The number of methoxy groups -OCH3 is 1. The molecule has 1 saturated heterocycles. The number of carboxylic acid groups (broad SMARTS) is 1. The normalized spacial score (nSPS) is 17.9. The minimum absolute atomic E-state index is 0. The third kappa shape index (κ3) is 4.54. The number of hydrogen-bond donors (Lipinski definition) is 1. The van der Waals surface area contributed by atoms with Crippen molar-refractivity contribution in [3.05, 3.63) is 29.3 Å². The van der Waals surface area contributed by atoms with Gasteiger partial charge in [0.25, 0.3) is 5.92 Å². The van der Waals surface area contributed by atoms with Gasteiger partial charge in [0.05, 0.1) is 7.11 Å². The van der Waals surface area contributed by atoms with Crippen molar-refractivity contribution in [3.63, 3.8) is 0 Å². The van der Waals surface area contributed by atoms with Crippen LogP contribution in [0.1, 0.15) is 28.8 Å². The quantitative estimate of drug-likeness (QED) is 0.926. The summed E-state index contributed by atoms with van der Waals surface area (Å²) in [5.41, 5.74) is 0.876. The van der Waals surface area contributed by atoms with E-state index in [4.69, 9.17) is 9.84 Å². The molecule has 0 saturated carbocycles. The van der Waals surface area contributed by atoms with Crippen molar-refractivity contribution in [2.24, 2.45) is 0 Å². The van der Waals surface area contributed by atoms with Gasteiger partial charge in [0, 0.05) is 32.5 Å². The maximum atomic E-state index is 13.1. The number of likely N-dealkylation sites (tertiary alicyclic amines) is 1. The molecule has 21 heavy (non-hydrogen) atoms. The highest BCUT2D eigenvalue weighted by Gasteiger charge is 2.33. The van der Waals surface area contributed by atoms with Crippen LogP contribution in [0.15, 0.2) is 18.2 Å².